The number of primary sulfonamides is 1. The van der Waals surface area contributed by atoms with E-state index >= 15 is 0 Å². The predicted octanol–water partition coefficient (Wildman–Crippen LogP) is -0.320. The highest BCUT2D eigenvalue weighted by Gasteiger charge is 2.18. The van der Waals surface area contributed by atoms with E-state index in [2.05, 4.69) is 14.9 Å². The summed E-state index contributed by atoms with van der Waals surface area (Å²) < 4.78 is 25.1. The number of aromatic nitrogens is 2. The minimum Gasteiger partial charge on any atom is -0.350 e. The number of rotatable bonds is 5. The zero-order valence-electron chi connectivity index (χ0n) is 9.50. The van der Waals surface area contributed by atoms with E-state index in [1.165, 1.54) is 0 Å². The average Bonchev–Trinajstić information content (AvgIpc) is 2.63. The molecule has 0 bridgehead atoms. The molecule has 96 valence electrons. The first-order valence-electron chi connectivity index (χ1n) is 4.92. The van der Waals surface area contributed by atoms with Gasteiger partial charge in [-0.25, -0.2) is 13.6 Å². The van der Waals surface area contributed by atoms with Crippen LogP contribution in [0.15, 0.2) is 0 Å². The van der Waals surface area contributed by atoms with Crippen molar-refractivity contribution >= 4 is 27.5 Å². The quantitative estimate of drug-likeness (QED) is 0.766. The van der Waals surface area contributed by atoms with Crippen molar-refractivity contribution in [1.82, 2.24) is 14.9 Å². The number of carbonyl (C=O) groups is 1. The van der Waals surface area contributed by atoms with Gasteiger partial charge >= 0.3 is 0 Å². The molecule has 1 amide bonds. The van der Waals surface area contributed by atoms with Crippen LogP contribution < -0.4 is 10.5 Å². The molecule has 7 nitrogen and oxygen atoms in total. The van der Waals surface area contributed by atoms with E-state index in [9.17, 15) is 13.2 Å². The molecular formula is C8H14N4O3S2. The third-order valence-corrected chi connectivity index (χ3v) is 3.45. The lowest BCUT2D eigenvalue weighted by molar-refractivity contribution is 0.0958. The van der Waals surface area contributed by atoms with E-state index in [-0.39, 0.29) is 24.1 Å². The normalized spacial score (nSPS) is 11.8. The van der Waals surface area contributed by atoms with E-state index < -0.39 is 10.0 Å². The van der Waals surface area contributed by atoms with E-state index in [0.717, 1.165) is 11.5 Å². The molecule has 0 radical (unpaired) electrons. The molecule has 0 fully saturated rings. The predicted molar refractivity (Wildman–Crippen MR) is 64.3 cm³/mol. The smallest absolute Gasteiger partial charge is 0.264 e. The van der Waals surface area contributed by atoms with Crippen LogP contribution in [0.1, 0.15) is 35.1 Å². The van der Waals surface area contributed by atoms with Crippen LogP contribution in [-0.4, -0.2) is 36.2 Å². The summed E-state index contributed by atoms with van der Waals surface area (Å²) in [6.45, 7) is 3.78. The fourth-order valence-corrected chi connectivity index (χ4v) is 2.24. The second-order valence-electron chi connectivity index (χ2n) is 3.76. The number of hydrogen-bond acceptors (Lipinski definition) is 6. The number of amides is 1. The largest absolute Gasteiger partial charge is 0.350 e. The van der Waals surface area contributed by atoms with Crippen molar-refractivity contribution < 1.29 is 13.2 Å². The van der Waals surface area contributed by atoms with E-state index in [4.69, 9.17) is 5.14 Å². The number of sulfonamides is 1. The lowest BCUT2D eigenvalue weighted by Crippen LogP contribution is -2.31. The molecule has 0 aliphatic carbocycles. The Kier molecular flexibility index (Phi) is 4.54. The molecule has 0 spiro atoms. The summed E-state index contributed by atoms with van der Waals surface area (Å²) in [5.74, 6) is -0.567. The van der Waals surface area contributed by atoms with Gasteiger partial charge < -0.3 is 5.32 Å². The van der Waals surface area contributed by atoms with Gasteiger partial charge in [-0.1, -0.05) is 18.3 Å². The first-order valence-corrected chi connectivity index (χ1v) is 7.41. The Bertz CT molecular complexity index is 495. The topological polar surface area (TPSA) is 115 Å². The zero-order valence-corrected chi connectivity index (χ0v) is 11.1. The number of nitrogens with two attached hydrogens (primary N) is 1. The van der Waals surface area contributed by atoms with Gasteiger partial charge in [-0.2, -0.15) is 0 Å². The molecule has 1 aromatic rings. The molecule has 0 aliphatic rings. The van der Waals surface area contributed by atoms with Gasteiger partial charge in [0.25, 0.3) is 5.91 Å². The first kappa shape index (κ1) is 14.0. The van der Waals surface area contributed by atoms with Crippen LogP contribution in [0.3, 0.4) is 0 Å². The number of hydrogen-bond donors (Lipinski definition) is 2. The van der Waals surface area contributed by atoms with Gasteiger partial charge in [0, 0.05) is 6.54 Å². The Hall–Kier alpha value is -1.06. The zero-order chi connectivity index (χ0) is 13.1. The van der Waals surface area contributed by atoms with Crippen molar-refractivity contribution in [3.8, 4) is 0 Å². The molecule has 17 heavy (non-hydrogen) atoms. The lowest BCUT2D eigenvalue weighted by atomic mass is 10.1. The molecule has 1 aromatic heterocycles. The molecule has 0 aromatic carbocycles. The SMILES string of the molecule is CC(C)c1nnsc1C(=O)NCCS(N)(=O)=O. The highest BCUT2D eigenvalue weighted by Crippen LogP contribution is 2.19. The average molecular weight is 278 g/mol. The summed E-state index contributed by atoms with van der Waals surface area (Å²) in [5.41, 5.74) is 0.614. The lowest BCUT2D eigenvalue weighted by Gasteiger charge is -2.05. The van der Waals surface area contributed by atoms with Crippen LogP contribution in [0.2, 0.25) is 0 Å². The Morgan fingerprint density at radius 1 is 1.53 bits per heavy atom. The third-order valence-electron chi connectivity index (χ3n) is 1.94. The Morgan fingerprint density at radius 3 is 2.71 bits per heavy atom. The summed E-state index contributed by atoms with van der Waals surface area (Å²) in [7, 11) is -3.56. The van der Waals surface area contributed by atoms with E-state index in [1.54, 1.807) is 0 Å². The summed E-state index contributed by atoms with van der Waals surface area (Å²) >= 11 is 0.990. The van der Waals surface area contributed by atoms with Crippen LogP contribution in [0.4, 0.5) is 0 Å². The molecule has 1 rings (SSSR count). The monoisotopic (exact) mass is 278 g/mol. The molecule has 0 unspecified atom stereocenters. The Labute approximate surface area is 104 Å². The molecule has 0 saturated heterocycles. The Balaban J connectivity index is 2.62. The van der Waals surface area contributed by atoms with Gasteiger partial charge in [0.2, 0.25) is 10.0 Å². The van der Waals surface area contributed by atoms with Crippen LogP contribution in [0.5, 0.6) is 0 Å². The molecule has 0 saturated carbocycles. The molecule has 3 N–H and O–H groups in total. The fraction of sp³-hybridized carbons (Fsp3) is 0.625. The van der Waals surface area contributed by atoms with Crippen molar-refractivity contribution in [3.05, 3.63) is 10.6 Å². The van der Waals surface area contributed by atoms with Crippen molar-refractivity contribution in [2.45, 2.75) is 19.8 Å². The van der Waals surface area contributed by atoms with Gasteiger partial charge in [0.1, 0.15) is 4.88 Å². The fourth-order valence-electron chi connectivity index (χ4n) is 1.12. The summed E-state index contributed by atoms with van der Waals surface area (Å²) in [4.78, 5) is 12.1. The maximum Gasteiger partial charge on any atom is 0.264 e. The highest BCUT2D eigenvalue weighted by atomic mass is 32.2. The van der Waals surface area contributed by atoms with E-state index in [1.807, 2.05) is 13.8 Å². The molecule has 0 atom stereocenters. The van der Waals surface area contributed by atoms with Crippen LogP contribution in [0, 0.1) is 0 Å². The number of nitrogens with one attached hydrogen (secondary N) is 1. The second-order valence-corrected chi connectivity index (χ2v) is 6.25. The van der Waals surface area contributed by atoms with Crippen molar-refractivity contribution in [2.75, 3.05) is 12.3 Å². The Morgan fingerprint density at radius 2 is 2.18 bits per heavy atom. The van der Waals surface area contributed by atoms with Crippen LogP contribution >= 0.6 is 11.5 Å². The molecule has 1 heterocycles. The molecule has 0 aliphatic heterocycles. The van der Waals surface area contributed by atoms with Gasteiger partial charge in [-0.3, -0.25) is 4.79 Å². The maximum atomic E-state index is 11.7. The minimum atomic E-state index is -3.56. The van der Waals surface area contributed by atoms with Crippen LogP contribution in [-0.2, 0) is 10.0 Å². The minimum absolute atomic E-state index is 0.0207. The molecule has 9 heteroatoms. The van der Waals surface area contributed by atoms with E-state index in [0.29, 0.717) is 10.6 Å². The number of nitrogens with zero attached hydrogens (tertiary/aromatic N) is 2. The summed E-state index contributed by atoms with van der Waals surface area (Å²) in [5, 5.41) is 11.1. The van der Waals surface area contributed by atoms with Gasteiger partial charge in [0.05, 0.1) is 11.4 Å². The van der Waals surface area contributed by atoms with Gasteiger partial charge in [-0.15, -0.1) is 5.10 Å². The van der Waals surface area contributed by atoms with Crippen LogP contribution in [0.25, 0.3) is 0 Å². The summed E-state index contributed by atoms with van der Waals surface area (Å²) in [6, 6.07) is 0. The van der Waals surface area contributed by atoms with Crippen molar-refractivity contribution in [2.24, 2.45) is 5.14 Å². The van der Waals surface area contributed by atoms with Crippen molar-refractivity contribution in [1.29, 1.82) is 0 Å². The highest BCUT2D eigenvalue weighted by molar-refractivity contribution is 7.89. The van der Waals surface area contributed by atoms with Gasteiger partial charge in [0.15, 0.2) is 0 Å². The third kappa shape index (κ3) is 4.36. The number of carbonyl (C=O) groups excluding carboxylic acids is 1. The van der Waals surface area contributed by atoms with Gasteiger partial charge in [-0.05, 0) is 17.5 Å². The maximum absolute atomic E-state index is 11.7. The molecular weight excluding hydrogens is 264 g/mol. The first-order chi connectivity index (χ1) is 7.81. The van der Waals surface area contributed by atoms with Crippen molar-refractivity contribution in [3.63, 3.8) is 0 Å². The standard InChI is InChI=1S/C8H14N4O3S2/c1-5(2)6-7(16-12-11-6)8(13)10-3-4-17(9,14)15/h5H,3-4H2,1-2H3,(H,10,13)(H2,9,14,15). The summed E-state index contributed by atoms with van der Waals surface area (Å²) in [6.07, 6.45) is 0. The second kappa shape index (κ2) is 5.52.